The summed E-state index contributed by atoms with van der Waals surface area (Å²) in [7, 11) is 0. The van der Waals surface area contributed by atoms with Crippen LogP contribution in [0.2, 0.25) is 0 Å². The van der Waals surface area contributed by atoms with Crippen LogP contribution < -0.4 is 4.90 Å². The Morgan fingerprint density at radius 2 is 2.08 bits per heavy atom. The number of aryl methyl sites for hydroxylation is 1. The molecule has 4 rings (SSSR count). The van der Waals surface area contributed by atoms with Crippen LogP contribution in [-0.2, 0) is 0 Å². The van der Waals surface area contributed by atoms with Crippen LogP contribution >= 0.6 is 0 Å². The number of piperazine rings is 1. The van der Waals surface area contributed by atoms with Gasteiger partial charge in [-0.1, -0.05) is 11.2 Å². The van der Waals surface area contributed by atoms with Gasteiger partial charge in [-0.3, -0.25) is 4.90 Å². The minimum Gasteiger partial charge on any atom is -0.463 e. The molecule has 0 bridgehead atoms. The van der Waals surface area contributed by atoms with E-state index in [1.807, 2.05) is 31.2 Å². The fourth-order valence-electron chi connectivity index (χ4n) is 3.11. The largest absolute Gasteiger partial charge is 0.463 e. The monoisotopic (exact) mass is 351 g/mol. The van der Waals surface area contributed by atoms with Gasteiger partial charge in [0, 0.05) is 45.0 Å². The van der Waals surface area contributed by atoms with Crippen LogP contribution in [0.1, 0.15) is 5.69 Å². The summed E-state index contributed by atoms with van der Waals surface area (Å²) in [4.78, 5) is 13.9. The van der Waals surface area contributed by atoms with Crippen LogP contribution in [0.5, 0.6) is 0 Å². The molecule has 0 radical (unpaired) electrons. The molecule has 7 nitrogen and oxygen atoms in total. The Balaban J connectivity index is 1.66. The number of furan rings is 1. The maximum Gasteiger partial charge on any atom is 0.226 e. The third-order valence-electron chi connectivity index (χ3n) is 4.47. The fraction of sp³-hybridized carbons (Fsp3) is 0.316. The summed E-state index contributed by atoms with van der Waals surface area (Å²) in [5, 5.41) is 3.97. The van der Waals surface area contributed by atoms with Crippen LogP contribution in [0.25, 0.3) is 22.8 Å². The molecule has 0 atom stereocenters. The van der Waals surface area contributed by atoms with E-state index in [2.05, 4.69) is 26.5 Å². The topological polar surface area (TPSA) is 71.4 Å². The molecule has 1 fully saturated rings. The Hall–Kier alpha value is -2.93. The molecule has 4 heterocycles. The summed E-state index contributed by atoms with van der Waals surface area (Å²) in [5.41, 5.74) is 2.30. The average Bonchev–Trinajstić information content (AvgIpc) is 3.34. The van der Waals surface area contributed by atoms with Crippen molar-refractivity contribution in [2.45, 2.75) is 6.92 Å². The molecular weight excluding hydrogens is 330 g/mol. The summed E-state index contributed by atoms with van der Waals surface area (Å²) in [6.07, 6.45) is 5.37. The molecule has 7 heteroatoms. The highest BCUT2D eigenvalue weighted by atomic mass is 16.5. The molecule has 1 saturated heterocycles. The number of aromatic nitrogens is 3. The smallest absolute Gasteiger partial charge is 0.226 e. The standard InChI is InChI=1S/C19H21N5O2/c1-3-6-23-7-9-24(10-8-23)19-20-13-15(17-12-14(2)22-26-17)18(21-19)16-5-4-11-25-16/h3-5,11-13H,1,6-10H2,2H3. The molecule has 134 valence electrons. The van der Waals surface area contributed by atoms with Gasteiger partial charge in [0.25, 0.3) is 0 Å². The lowest BCUT2D eigenvalue weighted by Crippen LogP contribution is -2.46. The zero-order valence-electron chi connectivity index (χ0n) is 14.8. The lowest BCUT2D eigenvalue weighted by atomic mass is 10.1. The maximum atomic E-state index is 5.59. The Labute approximate surface area is 151 Å². The number of rotatable bonds is 5. The van der Waals surface area contributed by atoms with Crippen LogP contribution in [-0.4, -0.2) is 52.7 Å². The minimum atomic E-state index is 0.635. The van der Waals surface area contributed by atoms with Crippen LogP contribution in [0.4, 0.5) is 5.95 Å². The van der Waals surface area contributed by atoms with Crippen LogP contribution in [0, 0.1) is 6.92 Å². The van der Waals surface area contributed by atoms with Gasteiger partial charge in [-0.05, 0) is 19.1 Å². The van der Waals surface area contributed by atoms with E-state index in [4.69, 9.17) is 13.9 Å². The van der Waals surface area contributed by atoms with Gasteiger partial charge in [0.05, 0.1) is 17.5 Å². The van der Waals surface area contributed by atoms with Gasteiger partial charge in [0.2, 0.25) is 5.95 Å². The first kappa shape index (κ1) is 16.5. The predicted molar refractivity (Wildman–Crippen MR) is 98.8 cm³/mol. The highest BCUT2D eigenvalue weighted by molar-refractivity contribution is 5.75. The van der Waals surface area contributed by atoms with E-state index in [-0.39, 0.29) is 0 Å². The fourth-order valence-corrected chi connectivity index (χ4v) is 3.11. The van der Waals surface area contributed by atoms with Crippen LogP contribution in [0.15, 0.2) is 52.3 Å². The highest BCUT2D eigenvalue weighted by Crippen LogP contribution is 2.32. The van der Waals surface area contributed by atoms with Gasteiger partial charge in [0.1, 0.15) is 5.69 Å². The summed E-state index contributed by atoms with van der Waals surface area (Å²) >= 11 is 0. The molecule has 1 aliphatic heterocycles. The Morgan fingerprint density at radius 3 is 2.73 bits per heavy atom. The molecule has 0 saturated carbocycles. The highest BCUT2D eigenvalue weighted by Gasteiger charge is 2.22. The second kappa shape index (κ2) is 7.13. The molecule has 0 amide bonds. The van der Waals surface area contributed by atoms with Gasteiger partial charge < -0.3 is 13.8 Å². The second-order valence-corrected chi connectivity index (χ2v) is 6.32. The van der Waals surface area contributed by atoms with Crippen molar-refractivity contribution in [2.24, 2.45) is 0 Å². The third-order valence-corrected chi connectivity index (χ3v) is 4.47. The van der Waals surface area contributed by atoms with Crippen molar-refractivity contribution in [3.8, 4) is 22.8 Å². The first-order valence-electron chi connectivity index (χ1n) is 8.67. The molecule has 0 N–H and O–H groups in total. The zero-order valence-corrected chi connectivity index (χ0v) is 14.8. The van der Waals surface area contributed by atoms with E-state index >= 15 is 0 Å². The summed E-state index contributed by atoms with van der Waals surface area (Å²) in [6, 6.07) is 5.61. The summed E-state index contributed by atoms with van der Waals surface area (Å²) in [6.45, 7) is 10.3. The quantitative estimate of drug-likeness (QED) is 0.654. The zero-order chi connectivity index (χ0) is 17.9. The van der Waals surface area contributed by atoms with E-state index in [0.29, 0.717) is 23.2 Å². The Morgan fingerprint density at radius 1 is 1.23 bits per heavy atom. The number of nitrogens with zero attached hydrogens (tertiary/aromatic N) is 5. The van der Waals surface area contributed by atoms with Crippen molar-refractivity contribution in [3.63, 3.8) is 0 Å². The van der Waals surface area contributed by atoms with E-state index in [9.17, 15) is 0 Å². The maximum absolute atomic E-state index is 5.59. The number of anilines is 1. The van der Waals surface area contributed by atoms with Crippen molar-refractivity contribution in [2.75, 3.05) is 37.6 Å². The normalized spacial score (nSPS) is 15.3. The van der Waals surface area contributed by atoms with Gasteiger partial charge in [-0.25, -0.2) is 9.97 Å². The summed E-state index contributed by atoms with van der Waals surface area (Å²) < 4.78 is 11.0. The van der Waals surface area contributed by atoms with Crippen molar-refractivity contribution in [1.29, 1.82) is 0 Å². The van der Waals surface area contributed by atoms with E-state index in [1.54, 1.807) is 12.5 Å². The van der Waals surface area contributed by atoms with Crippen molar-refractivity contribution in [1.82, 2.24) is 20.0 Å². The molecule has 3 aromatic rings. The van der Waals surface area contributed by atoms with Crippen molar-refractivity contribution in [3.05, 3.63) is 49.0 Å². The van der Waals surface area contributed by atoms with Gasteiger partial charge in [-0.2, -0.15) is 0 Å². The van der Waals surface area contributed by atoms with Crippen molar-refractivity contribution < 1.29 is 8.94 Å². The second-order valence-electron chi connectivity index (χ2n) is 6.32. The van der Waals surface area contributed by atoms with Gasteiger partial charge in [0.15, 0.2) is 11.5 Å². The molecule has 1 aliphatic rings. The lowest BCUT2D eigenvalue weighted by molar-refractivity contribution is 0.283. The lowest BCUT2D eigenvalue weighted by Gasteiger charge is -2.34. The average molecular weight is 351 g/mol. The minimum absolute atomic E-state index is 0.635. The number of hydrogen-bond donors (Lipinski definition) is 0. The molecule has 26 heavy (non-hydrogen) atoms. The first-order chi connectivity index (χ1) is 12.7. The van der Waals surface area contributed by atoms with Crippen molar-refractivity contribution >= 4 is 5.95 Å². The molecule has 0 aromatic carbocycles. The van der Waals surface area contributed by atoms with E-state index in [1.165, 1.54) is 0 Å². The third kappa shape index (κ3) is 3.25. The van der Waals surface area contributed by atoms with Gasteiger partial charge >= 0.3 is 0 Å². The van der Waals surface area contributed by atoms with E-state index in [0.717, 1.165) is 44.0 Å². The molecule has 0 spiro atoms. The molecule has 3 aromatic heterocycles. The predicted octanol–water partition coefficient (Wildman–Crippen LogP) is 3.01. The van der Waals surface area contributed by atoms with Crippen LogP contribution in [0.3, 0.4) is 0 Å². The SMILES string of the molecule is C=CCN1CCN(c2ncc(-c3cc(C)no3)c(-c3ccco3)n2)CC1. The Kier molecular flexibility index (Phi) is 4.53. The first-order valence-corrected chi connectivity index (χ1v) is 8.67. The summed E-state index contributed by atoms with van der Waals surface area (Å²) in [5.74, 6) is 2.02. The number of hydrogen-bond acceptors (Lipinski definition) is 7. The molecule has 0 aliphatic carbocycles. The molecular formula is C19H21N5O2. The van der Waals surface area contributed by atoms with E-state index < -0.39 is 0 Å². The molecule has 0 unspecified atom stereocenters. The Bertz CT molecular complexity index is 879. The van der Waals surface area contributed by atoms with Gasteiger partial charge in [-0.15, -0.1) is 6.58 Å².